The Bertz CT molecular complexity index is 1150. The molecule has 34 heavy (non-hydrogen) atoms. The molecule has 2 heterocycles. The fraction of sp³-hybridized carbons (Fsp3) is 0.400. The number of carboxylic acids is 1. The second-order valence-corrected chi connectivity index (χ2v) is 11.8. The van der Waals surface area contributed by atoms with E-state index in [9.17, 15) is 31.2 Å². The molecule has 1 aromatic rings. The van der Waals surface area contributed by atoms with Crippen LogP contribution in [0.1, 0.15) is 38.7 Å². The summed E-state index contributed by atoms with van der Waals surface area (Å²) in [5.41, 5.74) is 0.0387. The lowest BCUT2D eigenvalue weighted by atomic mass is 10.2. The van der Waals surface area contributed by atoms with E-state index in [4.69, 9.17) is 5.11 Å². The number of hydrogen-bond acceptors (Lipinski definition) is 6. The molecular formula is C20H22F3N3O5S3. The number of carboxylic acid groups (broad SMARTS) is 1. The second-order valence-electron chi connectivity index (χ2n) is 7.48. The first-order valence-corrected chi connectivity index (χ1v) is 13.3. The molecule has 3 N–H and O–H groups in total. The number of nitrogens with one attached hydrogen (secondary N) is 2. The zero-order valence-corrected chi connectivity index (χ0v) is 20.6. The largest absolute Gasteiger partial charge is 0.481 e. The minimum atomic E-state index is -4.60. The number of aliphatic carboxylic acids is 1. The number of hydrogen-bond donors (Lipinski definition) is 3. The molecule has 0 aliphatic carbocycles. The molecule has 0 bridgehead atoms. The maximum atomic E-state index is 12.9. The summed E-state index contributed by atoms with van der Waals surface area (Å²) >= 11 is 2.77. The molecule has 0 radical (unpaired) electrons. The van der Waals surface area contributed by atoms with Crippen LogP contribution in [0.3, 0.4) is 0 Å². The predicted octanol–water partition coefficient (Wildman–Crippen LogP) is 4.49. The number of sulfonamides is 1. The average Bonchev–Trinajstić information content (AvgIpc) is 3.06. The van der Waals surface area contributed by atoms with Gasteiger partial charge in [0, 0.05) is 17.0 Å². The standard InChI is InChI=1S/C20H22F3N3O5S3/c1-11-12(2)33-18(32-10-4-3-5-15(27)28)16-17(24-19(29)26(11)16)25-34(30,31)14-8-6-13(7-9-14)20(21,22)23/h6-9,17,25H,3-5,10H2,1-2H3,(H,24,29)(H,27,28). The molecule has 1 atom stereocenters. The first-order chi connectivity index (χ1) is 15.8. The summed E-state index contributed by atoms with van der Waals surface area (Å²) in [6.07, 6.45) is -4.59. The van der Waals surface area contributed by atoms with Crippen molar-refractivity contribution in [3.05, 3.63) is 50.4 Å². The SMILES string of the molecule is CC1=C(C)N2C(=O)NC(NS(=O)(=O)c3ccc(C(F)(F)F)cc3)C2=C(SCCCCC(=O)O)S1. The number of rotatable bonds is 9. The van der Waals surface area contributed by atoms with Gasteiger partial charge < -0.3 is 10.4 Å². The van der Waals surface area contributed by atoms with Crippen LogP contribution in [-0.2, 0) is 21.0 Å². The Morgan fingerprint density at radius 3 is 2.47 bits per heavy atom. The van der Waals surface area contributed by atoms with Gasteiger partial charge >= 0.3 is 18.2 Å². The van der Waals surface area contributed by atoms with Crippen molar-refractivity contribution < 1.29 is 36.3 Å². The fourth-order valence-corrected chi connectivity index (χ4v) is 6.93. The Morgan fingerprint density at radius 1 is 1.24 bits per heavy atom. The molecule has 2 aliphatic heterocycles. The lowest BCUT2D eigenvalue weighted by Gasteiger charge is -2.28. The van der Waals surface area contributed by atoms with Crippen LogP contribution in [0, 0.1) is 0 Å². The van der Waals surface area contributed by atoms with E-state index in [1.165, 1.54) is 28.4 Å². The van der Waals surface area contributed by atoms with Gasteiger partial charge in [0.1, 0.15) is 6.17 Å². The van der Waals surface area contributed by atoms with E-state index in [0.717, 1.165) is 17.0 Å². The second kappa shape index (κ2) is 10.2. The number of carbonyl (C=O) groups excluding carboxylic acids is 1. The third kappa shape index (κ3) is 5.90. The summed E-state index contributed by atoms with van der Waals surface area (Å²) in [7, 11) is -4.27. The minimum absolute atomic E-state index is 0.0410. The first-order valence-electron chi connectivity index (χ1n) is 10.1. The van der Waals surface area contributed by atoms with Gasteiger partial charge in [-0.25, -0.2) is 13.2 Å². The molecule has 2 aliphatic rings. The molecule has 3 rings (SSSR count). The number of carbonyl (C=O) groups is 2. The van der Waals surface area contributed by atoms with Gasteiger partial charge in [0.15, 0.2) is 0 Å². The number of fused-ring (bicyclic) bond motifs is 1. The summed E-state index contributed by atoms with van der Waals surface area (Å²) in [6, 6.07) is 2.54. The molecule has 0 spiro atoms. The van der Waals surface area contributed by atoms with Crippen molar-refractivity contribution in [2.45, 2.75) is 50.3 Å². The van der Waals surface area contributed by atoms with Gasteiger partial charge in [0.25, 0.3) is 0 Å². The lowest BCUT2D eigenvalue weighted by Crippen LogP contribution is -2.43. The van der Waals surface area contributed by atoms with Crippen molar-refractivity contribution in [1.29, 1.82) is 0 Å². The quantitative estimate of drug-likeness (QED) is 0.398. The third-order valence-electron chi connectivity index (χ3n) is 5.07. The number of alkyl halides is 3. The number of unbranched alkanes of at least 4 members (excludes halogenated alkanes) is 1. The van der Waals surface area contributed by atoms with Crippen LogP contribution in [0.2, 0.25) is 0 Å². The molecule has 1 saturated heterocycles. The Kier molecular flexibility index (Phi) is 7.95. The number of amides is 2. The van der Waals surface area contributed by atoms with Gasteiger partial charge in [-0.15, -0.1) is 11.8 Å². The number of thioether (sulfide) groups is 2. The molecule has 1 fully saturated rings. The first kappa shape index (κ1) is 26.4. The summed E-state index contributed by atoms with van der Waals surface area (Å²) in [5, 5.41) is 11.3. The van der Waals surface area contributed by atoms with Crippen molar-refractivity contribution in [2.24, 2.45) is 0 Å². The van der Waals surface area contributed by atoms with Crippen LogP contribution in [0.25, 0.3) is 0 Å². The smallest absolute Gasteiger partial charge is 0.416 e. The number of allylic oxidation sites excluding steroid dienone is 2. The van der Waals surface area contributed by atoms with Crippen LogP contribution in [0.4, 0.5) is 18.0 Å². The molecule has 186 valence electrons. The molecule has 14 heteroatoms. The molecule has 0 aromatic heterocycles. The van der Waals surface area contributed by atoms with Crippen LogP contribution >= 0.6 is 23.5 Å². The molecule has 1 aromatic carbocycles. The average molecular weight is 538 g/mol. The molecular weight excluding hydrogens is 515 g/mol. The van der Waals surface area contributed by atoms with Crippen molar-refractivity contribution in [3.63, 3.8) is 0 Å². The van der Waals surface area contributed by atoms with Crippen molar-refractivity contribution in [3.8, 4) is 0 Å². The topological polar surface area (TPSA) is 116 Å². The van der Waals surface area contributed by atoms with Gasteiger partial charge in [-0.1, -0.05) is 11.8 Å². The zero-order chi connectivity index (χ0) is 25.3. The Balaban J connectivity index is 1.84. The summed E-state index contributed by atoms with van der Waals surface area (Å²) in [5.74, 6) is -0.325. The predicted molar refractivity (Wildman–Crippen MR) is 123 cm³/mol. The van der Waals surface area contributed by atoms with Gasteiger partial charge in [-0.05, 0) is 56.7 Å². The van der Waals surface area contributed by atoms with Gasteiger partial charge in [0.2, 0.25) is 10.0 Å². The summed E-state index contributed by atoms with van der Waals surface area (Å²) in [4.78, 5) is 25.2. The van der Waals surface area contributed by atoms with E-state index >= 15 is 0 Å². The number of benzene rings is 1. The van der Waals surface area contributed by atoms with Crippen LogP contribution < -0.4 is 10.0 Å². The highest BCUT2D eigenvalue weighted by Gasteiger charge is 2.43. The van der Waals surface area contributed by atoms with Crippen molar-refractivity contribution in [1.82, 2.24) is 14.9 Å². The lowest BCUT2D eigenvalue weighted by molar-refractivity contribution is -0.138. The maximum absolute atomic E-state index is 12.9. The summed E-state index contributed by atoms with van der Waals surface area (Å²) in [6.45, 7) is 3.55. The van der Waals surface area contributed by atoms with Gasteiger partial charge in [0.05, 0.1) is 20.4 Å². The highest BCUT2D eigenvalue weighted by Crippen LogP contribution is 2.47. The van der Waals surface area contributed by atoms with E-state index in [-0.39, 0.29) is 11.3 Å². The van der Waals surface area contributed by atoms with E-state index in [2.05, 4.69) is 10.0 Å². The Hall–Kier alpha value is -2.16. The van der Waals surface area contributed by atoms with Gasteiger partial charge in [-0.3, -0.25) is 9.69 Å². The number of urea groups is 1. The summed E-state index contributed by atoms with van der Waals surface area (Å²) < 4.78 is 67.2. The van der Waals surface area contributed by atoms with E-state index < -0.39 is 39.9 Å². The van der Waals surface area contributed by atoms with Crippen LogP contribution in [0.15, 0.2) is 49.7 Å². The van der Waals surface area contributed by atoms with Gasteiger partial charge in [-0.2, -0.15) is 17.9 Å². The fourth-order valence-electron chi connectivity index (χ4n) is 3.24. The zero-order valence-electron chi connectivity index (χ0n) is 18.1. The molecule has 1 unspecified atom stereocenters. The number of halogens is 3. The van der Waals surface area contributed by atoms with Crippen LogP contribution in [0.5, 0.6) is 0 Å². The highest BCUT2D eigenvalue weighted by atomic mass is 32.2. The Morgan fingerprint density at radius 2 is 1.88 bits per heavy atom. The Labute approximate surface area is 203 Å². The van der Waals surface area contributed by atoms with E-state index in [1.54, 1.807) is 6.92 Å². The minimum Gasteiger partial charge on any atom is -0.481 e. The van der Waals surface area contributed by atoms with E-state index in [1.807, 2.05) is 6.92 Å². The molecule has 0 saturated carbocycles. The number of nitrogens with zero attached hydrogens (tertiary/aromatic N) is 1. The van der Waals surface area contributed by atoms with Crippen molar-refractivity contribution in [2.75, 3.05) is 5.75 Å². The highest BCUT2D eigenvalue weighted by molar-refractivity contribution is 8.24. The maximum Gasteiger partial charge on any atom is 0.416 e. The molecule has 2 amide bonds. The molecule has 8 nitrogen and oxygen atoms in total. The third-order valence-corrected chi connectivity index (χ3v) is 9.07. The monoisotopic (exact) mass is 537 g/mol. The van der Waals surface area contributed by atoms with Crippen LogP contribution in [-0.4, -0.2) is 42.3 Å². The van der Waals surface area contributed by atoms with E-state index in [0.29, 0.717) is 46.4 Å². The van der Waals surface area contributed by atoms with Crippen molar-refractivity contribution >= 4 is 45.5 Å². The normalized spacial score (nSPS) is 18.9.